The van der Waals surface area contributed by atoms with Crippen LogP contribution in [0.2, 0.25) is 0 Å². The number of hydrogen-bond donors (Lipinski definition) is 1. The van der Waals surface area contributed by atoms with E-state index in [1.54, 1.807) is 0 Å². The van der Waals surface area contributed by atoms with Gasteiger partial charge in [-0.1, -0.05) is 15.9 Å². The van der Waals surface area contributed by atoms with Crippen LogP contribution in [-0.4, -0.2) is 5.11 Å². The molecule has 0 aromatic heterocycles. The van der Waals surface area contributed by atoms with Gasteiger partial charge in [-0.05, 0) is 41.6 Å². The third-order valence-electron chi connectivity index (χ3n) is 1.32. The Morgan fingerprint density at radius 2 is 2.10 bits per heavy atom. The molecule has 10 heavy (non-hydrogen) atoms. The molecule has 1 aromatic carbocycles. The van der Waals surface area contributed by atoms with Crippen LogP contribution in [0.3, 0.4) is 0 Å². The van der Waals surface area contributed by atoms with Gasteiger partial charge >= 0.3 is 0 Å². The molecule has 0 aliphatic carbocycles. The molecule has 1 rings (SSSR count). The molecule has 0 spiro atoms. The Bertz CT molecular complexity index is 233. The zero-order chi connectivity index (χ0) is 7.72. The minimum absolute atomic E-state index is 0.370. The molecule has 0 radical (unpaired) electrons. The highest BCUT2D eigenvalue weighted by Crippen LogP contribution is 2.29. The fraction of sp³-hybridized carbons (Fsp3) is 0.143. The van der Waals surface area contributed by atoms with Gasteiger partial charge in [-0.2, -0.15) is 0 Å². The Kier molecular flexibility index (Phi) is 2.57. The van der Waals surface area contributed by atoms with Crippen molar-refractivity contribution in [2.45, 2.75) is 6.92 Å². The van der Waals surface area contributed by atoms with Crippen molar-refractivity contribution in [1.82, 2.24) is 0 Å². The first-order valence-corrected chi connectivity index (χ1v) is 4.63. The van der Waals surface area contributed by atoms with Crippen molar-refractivity contribution < 1.29 is 5.11 Å². The molecule has 0 unspecified atom stereocenters. The van der Waals surface area contributed by atoms with Crippen molar-refractivity contribution in [3.63, 3.8) is 0 Å². The molecule has 0 heterocycles. The second-order valence-corrected chi connectivity index (χ2v) is 4.02. The van der Waals surface area contributed by atoms with E-state index in [9.17, 15) is 5.11 Å². The van der Waals surface area contributed by atoms with Crippen molar-refractivity contribution >= 4 is 38.5 Å². The summed E-state index contributed by atoms with van der Waals surface area (Å²) in [5.41, 5.74) is 0.895. The van der Waals surface area contributed by atoms with Crippen LogP contribution < -0.4 is 0 Å². The second kappa shape index (κ2) is 3.09. The largest absolute Gasteiger partial charge is 0.507 e. The van der Waals surface area contributed by atoms with Crippen LogP contribution in [0.15, 0.2) is 16.6 Å². The highest BCUT2D eigenvalue weighted by Gasteiger charge is 2.03. The Balaban J connectivity index is 3.34. The van der Waals surface area contributed by atoms with Crippen molar-refractivity contribution in [2.75, 3.05) is 0 Å². The molecular weight excluding hydrogens is 307 g/mol. The Morgan fingerprint density at radius 1 is 1.50 bits per heavy atom. The summed E-state index contributed by atoms with van der Waals surface area (Å²) in [5.74, 6) is 0.370. The average molecular weight is 313 g/mol. The zero-order valence-corrected chi connectivity index (χ0v) is 9.10. The van der Waals surface area contributed by atoms with E-state index in [-0.39, 0.29) is 0 Å². The third kappa shape index (κ3) is 1.45. The lowest BCUT2D eigenvalue weighted by Gasteiger charge is -2.02. The number of benzene rings is 1. The molecule has 0 saturated carbocycles. The Hall–Kier alpha value is 0.230. The lowest BCUT2D eigenvalue weighted by Crippen LogP contribution is -1.80. The second-order valence-electron chi connectivity index (χ2n) is 2.00. The molecule has 1 N–H and O–H groups in total. The van der Waals surface area contributed by atoms with Gasteiger partial charge in [0.05, 0.1) is 3.57 Å². The maximum absolute atomic E-state index is 9.35. The van der Waals surface area contributed by atoms with Crippen LogP contribution in [0.1, 0.15) is 5.56 Å². The number of phenolic OH excluding ortho intramolecular Hbond substituents is 1. The maximum Gasteiger partial charge on any atom is 0.132 e. The maximum atomic E-state index is 9.35. The molecule has 3 heteroatoms. The standard InChI is InChI=1S/C7H6BrIO/c1-4-5(8)2-3-6(9)7(4)10/h2-3,10H,1H3. The van der Waals surface area contributed by atoms with Gasteiger partial charge in [0.25, 0.3) is 0 Å². The average Bonchev–Trinajstić information content (AvgIpc) is 1.93. The van der Waals surface area contributed by atoms with E-state index >= 15 is 0 Å². The minimum atomic E-state index is 0.370. The SMILES string of the molecule is Cc1c(Br)ccc(I)c1O. The lowest BCUT2D eigenvalue weighted by molar-refractivity contribution is 0.467. The number of aromatic hydroxyl groups is 1. The van der Waals surface area contributed by atoms with Crippen LogP contribution in [0.5, 0.6) is 5.75 Å². The molecule has 0 saturated heterocycles. The van der Waals surface area contributed by atoms with Gasteiger partial charge in [0.1, 0.15) is 5.75 Å². The molecule has 0 aliphatic heterocycles. The molecule has 1 nitrogen and oxygen atoms in total. The summed E-state index contributed by atoms with van der Waals surface area (Å²) in [6.45, 7) is 1.88. The lowest BCUT2D eigenvalue weighted by atomic mass is 10.2. The molecular formula is C7H6BrIO. The highest BCUT2D eigenvalue weighted by molar-refractivity contribution is 14.1. The Morgan fingerprint density at radius 3 is 2.60 bits per heavy atom. The molecule has 0 amide bonds. The van der Waals surface area contributed by atoms with Crippen molar-refractivity contribution in [2.24, 2.45) is 0 Å². The van der Waals surface area contributed by atoms with E-state index < -0.39 is 0 Å². The van der Waals surface area contributed by atoms with Gasteiger partial charge < -0.3 is 5.11 Å². The third-order valence-corrected chi connectivity index (χ3v) is 3.05. The number of phenols is 1. The predicted octanol–water partition coefficient (Wildman–Crippen LogP) is 3.07. The number of halogens is 2. The summed E-state index contributed by atoms with van der Waals surface area (Å²) >= 11 is 5.41. The van der Waals surface area contributed by atoms with Crippen LogP contribution in [0.25, 0.3) is 0 Å². The van der Waals surface area contributed by atoms with Gasteiger partial charge in [-0.25, -0.2) is 0 Å². The summed E-state index contributed by atoms with van der Waals surface area (Å²) in [4.78, 5) is 0. The first-order chi connectivity index (χ1) is 4.63. The topological polar surface area (TPSA) is 20.2 Å². The van der Waals surface area contributed by atoms with E-state index in [1.165, 1.54) is 0 Å². The smallest absolute Gasteiger partial charge is 0.132 e. The highest BCUT2D eigenvalue weighted by atomic mass is 127. The Labute approximate surface area is 81.7 Å². The summed E-state index contributed by atoms with van der Waals surface area (Å²) in [6.07, 6.45) is 0. The molecule has 0 bridgehead atoms. The summed E-state index contributed by atoms with van der Waals surface area (Å²) in [5, 5.41) is 9.35. The van der Waals surface area contributed by atoms with E-state index in [1.807, 2.05) is 19.1 Å². The van der Waals surface area contributed by atoms with Gasteiger partial charge in [-0.15, -0.1) is 0 Å². The first-order valence-electron chi connectivity index (χ1n) is 2.76. The normalized spacial score (nSPS) is 9.90. The zero-order valence-electron chi connectivity index (χ0n) is 5.36. The monoisotopic (exact) mass is 312 g/mol. The minimum Gasteiger partial charge on any atom is -0.507 e. The molecule has 0 atom stereocenters. The van der Waals surface area contributed by atoms with Crippen LogP contribution in [-0.2, 0) is 0 Å². The van der Waals surface area contributed by atoms with Crippen molar-refractivity contribution in [3.8, 4) is 5.75 Å². The van der Waals surface area contributed by atoms with E-state index in [0.29, 0.717) is 5.75 Å². The fourth-order valence-electron chi connectivity index (χ4n) is 0.642. The molecule has 54 valence electrons. The van der Waals surface area contributed by atoms with E-state index in [4.69, 9.17) is 0 Å². The van der Waals surface area contributed by atoms with E-state index in [0.717, 1.165) is 13.6 Å². The van der Waals surface area contributed by atoms with E-state index in [2.05, 4.69) is 38.5 Å². The van der Waals surface area contributed by atoms with Crippen molar-refractivity contribution in [1.29, 1.82) is 0 Å². The summed E-state index contributed by atoms with van der Waals surface area (Å²) in [7, 11) is 0. The van der Waals surface area contributed by atoms with Gasteiger partial charge in [0.15, 0.2) is 0 Å². The van der Waals surface area contributed by atoms with Gasteiger partial charge in [0.2, 0.25) is 0 Å². The predicted molar refractivity (Wildman–Crippen MR) is 53.3 cm³/mol. The summed E-state index contributed by atoms with van der Waals surface area (Å²) < 4.78 is 1.84. The fourth-order valence-corrected chi connectivity index (χ4v) is 1.55. The number of rotatable bonds is 0. The van der Waals surface area contributed by atoms with Crippen LogP contribution in [0.4, 0.5) is 0 Å². The van der Waals surface area contributed by atoms with Crippen molar-refractivity contribution in [3.05, 3.63) is 25.7 Å². The van der Waals surface area contributed by atoms with Crippen LogP contribution in [0, 0.1) is 10.5 Å². The summed E-state index contributed by atoms with van der Waals surface area (Å²) in [6, 6.07) is 3.80. The van der Waals surface area contributed by atoms with Crippen LogP contribution >= 0.6 is 38.5 Å². The van der Waals surface area contributed by atoms with Gasteiger partial charge in [0, 0.05) is 10.0 Å². The first kappa shape index (κ1) is 8.33. The van der Waals surface area contributed by atoms with Gasteiger partial charge in [-0.3, -0.25) is 0 Å². The quantitative estimate of drug-likeness (QED) is 0.730. The molecule has 0 fully saturated rings. The number of hydrogen-bond acceptors (Lipinski definition) is 1. The molecule has 1 aromatic rings. The molecule has 0 aliphatic rings.